The molecule has 0 bridgehead atoms. The van der Waals surface area contributed by atoms with Crippen molar-refractivity contribution in [2.75, 3.05) is 5.32 Å². The van der Waals surface area contributed by atoms with E-state index < -0.39 is 0 Å². The Morgan fingerprint density at radius 2 is 1.54 bits per heavy atom. The van der Waals surface area contributed by atoms with Gasteiger partial charge in [0.1, 0.15) is 5.52 Å². The van der Waals surface area contributed by atoms with Gasteiger partial charge in [0.25, 0.3) is 0 Å². The van der Waals surface area contributed by atoms with Gasteiger partial charge < -0.3 is 5.32 Å². The van der Waals surface area contributed by atoms with Crippen LogP contribution in [-0.2, 0) is 0 Å². The summed E-state index contributed by atoms with van der Waals surface area (Å²) in [4.78, 5) is 4.66. The van der Waals surface area contributed by atoms with E-state index in [-0.39, 0.29) is 0 Å². The third kappa shape index (κ3) is 2.82. The molecule has 1 heterocycles. The Morgan fingerprint density at radius 3 is 2.38 bits per heavy atom. The molecule has 0 aliphatic rings. The van der Waals surface area contributed by atoms with Gasteiger partial charge in [0.05, 0.1) is 5.52 Å². The fourth-order valence-electron chi connectivity index (χ4n) is 2.59. The molecule has 116 valence electrons. The van der Waals surface area contributed by atoms with Gasteiger partial charge in [-0.05, 0) is 36.8 Å². The standard InChI is InChI=1S/C20H16N4/c1-14-7-5-6-10-17(14)21-16-11-12-18-19(13-16)22-20(24-23-18)15-8-3-2-4-9-15/h2-13,21H,1H3. The van der Waals surface area contributed by atoms with Crippen molar-refractivity contribution in [2.24, 2.45) is 0 Å². The Kier molecular flexibility index (Phi) is 3.63. The van der Waals surface area contributed by atoms with Gasteiger partial charge in [-0.2, -0.15) is 0 Å². The zero-order chi connectivity index (χ0) is 16.4. The van der Waals surface area contributed by atoms with Gasteiger partial charge in [0.2, 0.25) is 0 Å². The van der Waals surface area contributed by atoms with Gasteiger partial charge in [-0.1, -0.05) is 48.5 Å². The lowest BCUT2D eigenvalue weighted by Crippen LogP contribution is -1.96. The molecule has 4 heteroatoms. The Bertz CT molecular complexity index is 997. The topological polar surface area (TPSA) is 50.7 Å². The molecule has 0 saturated heterocycles. The predicted octanol–water partition coefficient (Wildman–Crippen LogP) is 4.74. The number of aromatic nitrogens is 3. The van der Waals surface area contributed by atoms with Crippen molar-refractivity contribution in [3.8, 4) is 11.4 Å². The minimum Gasteiger partial charge on any atom is -0.355 e. The molecule has 1 aromatic heterocycles. The van der Waals surface area contributed by atoms with Crippen LogP contribution in [0.4, 0.5) is 11.4 Å². The highest BCUT2D eigenvalue weighted by molar-refractivity contribution is 5.81. The van der Waals surface area contributed by atoms with Crippen molar-refractivity contribution in [1.82, 2.24) is 15.2 Å². The van der Waals surface area contributed by atoms with Crippen LogP contribution >= 0.6 is 0 Å². The second-order valence-corrected chi connectivity index (χ2v) is 5.64. The molecule has 0 aliphatic heterocycles. The number of hydrogen-bond acceptors (Lipinski definition) is 4. The highest BCUT2D eigenvalue weighted by atomic mass is 15.1. The van der Waals surface area contributed by atoms with E-state index in [0.29, 0.717) is 5.82 Å². The molecular formula is C20H16N4. The lowest BCUT2D eigenvalue weighted by molar-refractivity contribution is 1.03. The van der Waals surface area contributed by atoms with Crippen LogP contribution in [0.1, 0.15) is 5.56 Å². The molecule has 0 saturated carbocycles. The average Bonchev–Trinajstić information content (AvgIpc) is 2.64. The summed E-state index contributed by atoms with van der Waals surface area (Å²) in [6.07, 6.45) is 0. The number of benzene rings is 3. The van der Waals surface area contributed by atoms with E-state index in [1.54, 1.807) is 0 Å². The van der Waals surface area contributed by atoms with E-state index in [2.05, 4.69) is 39.6 Å². The van der Waals surface area contributed by atoms with E-state index in [1.165, 1.54) is 5.56 Å². The van der Waals surface area contributed by atoms with Gasteiger partial charge in [-0.15, -0.1) is 10.2 Å². The first-order chi connectivity index (χ1) is 11.8. The maximum absolute atomic E-state index is 4.66. The third-order valence-corrected chi connectivity index (χ3v) is 3.91. The molecule has 0 amide bonds. The van der Waals surface area contributed by atoms with Crippen LogP contribution in [0.2, 0.25) is 0 Å². The molecule has 0 aliphatic carbocycles. The maximum Gasteiger partial charge on any atom is 0.182 e. The lowest BCUT2D eigenvalue weighted by Gasteiger charge is -2.10. The van der Waals surface area contributed by atoms with Crippen LogP contribution in [0.3, 0.4) is 0 Å². The van der Waals surface area contributed by atoms with Crippen molar-refractivity contribution in [2.45, 2.75) is 6.92 Å². The summed E-state index contributed by atoms with van der Waals surface area (Å²) in [5.74, 6) is 0.635. The molecule has 24 heavy (non-hydrogen) atoms. The largest absolute Gasteiger partial charge is 0.355 e. The van der Waals surface area contributed by atoms with E-state index >= 15 is 0 Å². The quantitative estimate of drug-likeness (QED) is 0.593. The fourth-order valence-corrected chi connectivity index (χ4v) is 2.59. The van der Waals surface area contributed by atoms with Crippen LogP contribution in [-0.4, -0.2) is 15.2 Å². The zero-order valence-corrected chi connectivity index (χ0v) is 13.3. The second kappa shape index (κ2) is 6.08. The summed E-state index contributed by atoms with van der Waals surface area (Å²) in [6.45, 7) is 2.08. The van der Waals surface area contributed by atoms with Gasteiger partial charge in [0.15, 0.2) is 5.82 Å². The Balaban J connectivity index is 1.73. The molecule has 0 fully saturated rings. The van der Waals surface area contributed by atoms with Gasteiger partial charge in [0, 0.05) is 16.9 Å². The molecule has 4 aromatic rings. The normalized spacial score (nSPS) is 10.7. The number of fused-ring (bicyclic) bond motifs is 1. The van der Waals surface area contributed by atoms with Crippen LogP contribution in [0.25, 0.3) is 22.4 Å². The number of anilines is 2. The lowest BCUT2D eigenvalue weighted by atomic mass is 10.2. The minimum atomic E-state index is 0.635. The Hall–Kier alpha value is -3.27. The molecule has 3 aromatic carbocycles. The molecule has 0 atom stereocenters. The van der Waals surface area contributed by atoms with E-state index in [0.717, 1.165) is 28.0 Å². The average molecular weight is 312 g/mol. The number of rotatable bonds is 3. The van der Waals surface area contributed by atoms with Crippen LogP contribution in [0.5, 0.6) is 0 Å². The number of nitrogens with zero attached hydrogens (tertiary/aromatic N) is 3. The van der Waals surface area contributed by atoms with E-state index in [9.17, 15) is 0 Å². The SMILES string of the molecule is Cc1ccccc1Nc1ccc2nnc(-c3ccccc3)nc2c1. The highest BCUT2D eigenvalue weighted by Crippen LogP contribution is 2.23. The number of hydrogen-bond donors (Lipinski definition) is 1. The smallest absolute Gasteiger partial charge is 0.182 e. The fraction of sp³-hybridized carbons (Fsp3) is 0.0500. The van der Waals surface area contributed by atoms with Gasteiger partial charge in [-0.3, -0.25) is 0 Å². The van der Waals surface area contributed by atoms with Gasteiger partial charge >= 0.3 is 0 Å². The summed E-state index contributed by atoms with van der Waals surface area (Å²) in [6, 6.07) is 24.0. The summed E-state index contributed by atoms with van der Waals surface area (Å²) >= 11 is 0. The van der Waals surface area contributed by atoms with Crippen molar-refractivity contribution in [3.63, 3.8) is 0 Å². The highest BCUT2D eigenvalue weighted by Gasteiger charge is 2.06. The number of aryl methyl sites for hydroxylation is 1. The van der Waals surface area contributed by atoms with Crippen molar-refractivity contribution in [3.05, 3.63) is 78.4 Å². The number of para-hydroxylation sites is 1. The molecule has 0 radical (unpaired) electrons. The first-order valence-corrected chi connectivity index (χ1v) is 7.82. The molecular weight excluding hydrogens is 296 g/mol. The van der Waals surface area contributed by atoms with Crippen molar-refractivity contribution in [1.29, 1.82) is 0 Å². The zero-order valence-electron chi connectivity index (χ0n) is 13.3. The third-order valence-electron chi connectivity index (χ3n) is 3.91. The summed E-state index contributed by atoms with van der Waals surface area (Å²) in [7, 11) is 0. The summed E-state index contributed by atoms with van der Waals surface area (Å²) in [5.41, 5.74) is 5.83. The van der Waals surface area contributed by atoms with Crippen LogP contribution in [0.15, 0.2) is 72.8 Å². The van der Waals surface area contributed by atoms with Crippen LogP contribution < -0.4 is 5.32 Å². The predicted molar refractivity (Wildman–Crippen MR) is 97.2 cm³/mol. The molecule has 1 N–H and O–H groups in total. The van der Waals surface area contributed by atoms with Crippen molar-refractivity contribution >= 4 is 22.4 Å². The maximum atomic E-state index is 4.66. The first kappa shape index (κ1) is 14.3. The molecule has 0 unspecified atom stereocenters. The second-order valence-electron chi connectivity index (χ2n) is 5.64. The molecule has 0 spiro atoms. The van der Waals surface area contributed by atoms with Crippen LogP contribution in [0, 0.1) is 6.92 Å². The Labute approximate surface area is 140 Å². The van der Waals surface area contributed by atoms with E-state index in [1.807, 2.05) is 60.7 Å². The minimum absolute atomic E-state index is 0.635. The first-order valence-electron chi connectivity index (χ1n) is 7.82. The molecule has 4 rings (SSSR count). The van der Waals surface area contributed by atoms with Gasteiger partial charge in [-0.25, -0.2) is 4.98 Å². The van der Waals surface area contributed by atoms with E-state index in [4.69, 9.17) is 0 Å². The molecule has 4 nitrogen and oxygen atoms in total. The monoisotopic (exact) mass is 312 g/mol. The summed E-state index contributed by atoms with van der Waals surface area (Å²) < 4.78 is 0. The number of nitrogens with one attached hydrogen (secondary N) is 1. The Morgan fingerprint density at radius 1 is 0.750 bits per heavy atom. The van der Waals surface area contributed by atoms with Crippen molar-refractivity contribution < 1.29 is 0 Å². The summed E-state index contributed by atoms with van der Waals surface area (Å²) in [5, 5.41) is 11.9.